The molecule has 0 fully saturated rings. The van der Waals surface area contributed by atoms with Crippen molar-refractivity contribution in [2.75, 3.05) is 11.9 Å². The number of hydrogen-bond donors (Lipinski definition) is 1. The number of nitrogens with one attached hydrogen (secondary N) is 1. The fourth-order valence-electron chi connectivity index (χ4n) is 1.75. The van der Waals surface area contributed by atoms with Crippen LogP contribution < -0.4 is 10.1 Å². The van der Waals surface area contributed by atoms with Gasteiger partial charge >= 0.3 is 0 Å². The van der Waals surface area contributed by atoms with Gasteiger partial charge in [0.15, 0.2) is 0 Å². The number of nitrogens with zero attached hydrogens (tertiary/aromatic N) is 1. The van der Waals surface area contributed by atoms with Crippen molar-refractivity contribution in [1.82, 2.24) is 4.98 Å². The predicted molar refractivity (Wildman–Crippen MR) is 82.8 cm³/mol. The van der Waals surface area contributed by atoms with Gasteiger partial charge in [-0.2, -0.15) is 0 Å². The summed E-state index contributed by atoms with van der Waals surface area (Å²) in [6, 6.07) is 7.45. The summed E-state index contributed by atoms with van der Waals surface area (Å²) in [7, 11) is 1.40. The molecule has 0 radical (unpaired) electrons. The first kappa shape index (κ1) is 16.3. The summed E-state index contributed by atoms with van der Waals surface area (Å²) in [5.74, 6) is -0.271. The van der Waals surface area contributed by atoms with E-state index in [2.05, 4.69) is 10.3 Å². The van der Waals surface area contributed by atoms with E-state index in [-0.39, 0.29) is 16.3 Å². The van der Waals surface area contributed by atoms with Crippen LogP contribution in [0.1, 0.15) is 17.3 Å². The largest absolute Gasteiger partial charge is 0.492 e. The Bertz CT molecular complexity index is 779. The SMILES string of the molecule is CCOc1ccc(NC(=O)c2cccnc2)cc1S(=O)(=O)Cl. The van der Waals surface area contributed by atoms with Crippen molar-refractivity contribution in [2.24, 2.45) is 0 Å². The van der Waals surface area contributed by atoms with E-state index in [1.165, 1.54) is 24.4 Å². The normalized spacial score (nSPS) is 11.0. The molecule has 6 nitrogen and oxygen atoms in total. The molecular weight excluding hydrogens is 328 g/mol. The molecule has 1 heterocycles. The number of carbonyl (C=O) groups excluding carboxylic acids is 1. The Morgan fingerprint density at radius 2 is 2.14 bits per heavy atom. The average Bonchev–Trinajstić information content (AvgIpc) is 2.49. The molecule has 8 heteroatoms. The molecular formula is C14H13ClN2O4S. The number of pyridine rings is 1. The first-order chi connectivity index (χ1) is 10.4. The molecule has 0 aliphatic heterocycles. The molecule has 0 unspecified atom stereocenters. The fourth-order valence-corrected chi connectivity index (χ4v) is 2.75. The summed E-state index contributed by atoms with van der Waals surface area (Å²) in [4.78, 5) is 15.7. The molecule has 0 aliphatic rings. The maximum absolute atomic E-state index is 12.0. The zero-order valence-corrected chi connectivity index (χ0v) is 13.2. The third-order valence-corrected chi connectivity index (χ3v) is 4.03. The molecule has 116 valence electrons. The van der Waals surface area contributed by atoms with Crippen molar-refractivity contribution < 1.29 is 17.9 Å². The molecule has 2 aromatic rings. The summed E-state index contributed by atoms with van der Waals surface area (Å²) >= 11 is 0. The van der Waals surface area contributed by atoms with Gasteiger partial charge in [0.25, 0.3) is 15.0 Å². The number of carbonyl (C=O) groups is 1. The molecule has 1 aromatic heterocycles. The van der Waals surface area contributed by atoms with Crippen LogP contribution in [-0.2, 0) is 9.05 Å². The van der Waals surface area contributed by atoms with E-state index in [0.29, 0.717) is 12.2 Å². The summed E-state index contributed by atoms with van der Waals surface area (Å²) < 4.78 is 28.4. The van der Waals surface area contributed by atoms with Gasteiger partial charge in [0, 0.05) is 28.8 Å². The second-order valence-corrected chi connectivity index (χ2v) is 6.76. The first-order valence-corrected chi connectivity index (χ1v) is 8.65. The van der Waals surface area contributed by atoms with Crippen molar-refractivity contribution in [3.8, 4) is 5.75 Å². The van der Waals surface area contributed by atoms with Gasteiger partial charge < -0.3 is 10.1 Å². The molecule has 2 rings (SSSR count). The Kier molecular flexibility index (Phi) is 4.99. The van der Waals surface area contributed by atoms with E-state index in [9.17, 15) is 13.2 Å². The Balaban J connectivity index is 2.31. The van der Waals surface area contributed by atoms with Crippen molar-refractivity contribution in [3.05, 3.63) is 48.3 Å². The van der Waals surface area contributed by atoms with E-state index < -0.39 is 15.0 Å². The quantitative estimate of drug-likeness (QED) is 0.846. The summed E-state index contributed by atoms with van der Waals surface area (Å²) in [6.07, 6.45) is 2.95. The van der Waals surface area contributed by atoms with Crippen LogP contribution in [0.4, 0.5) is 5.69 Å². The lowest BCUT2D eigenvalue weighted by molar-refractivity contribution is 0.102. The summed E-state index contributed by atoms with van der Waals surface area (Å²) in [6.45, 7) is 2.02. The number of hydrogen-bond acceptors (Lipinski definition) is 5. The molecule has 0 saturated carbocycles. The summed E-state index contributed by atoms with van der Waals surface area (Å²) in [5.41, 5.74) is 0.642. The van der Waals surface area contributed by atoms with Crippen molar-refractivity contribution >= 4 is 31.3 Å². The minimum atomic E-state index is -4.00. The van der Waals surface area contributed by atoms with Crippen LogP contribution in [0, 0.1) is 0 Å². The zero-order valence-electron chi connectivity index (χ0n) is 11.6. The van der Waals surface area contributed by atoms with Gasteiger partial charge in [-0.25, -0.2) is 8.42 Å². The first-order valence-electron chi connectivity index (χ1n) is 6.34. The van der Waals surface area contributed by atoms with Crippen LogP contribution in [0.15, 0.2) is 47.6 Å². The average molecular weight is 341 g/mol. The maximum atomic E-state index is 12.0. The lowest BCUT2D eigenvalue weighted by Crippen LogP contribution is -2.12. The molecule has 0 saturated heterocycles. The van der Waals surface area contributed by atoms with Gasteiger partial charge in [-0.15, -0.1) is 0 Å². The number of rotatable bonds is 5. The van der Waals surface area contributed by atoms with Gasteiger partial charge in [0.1, 0.15) is 10.6 Å². The van der Waals surface area contributed by atoms with E-state index in [1.54, 1.807) is 25.3 Å². The molecule has 0 bridgehead atoms. The number of anilines is 1. The van der Waals surface area contributed by atoms with Crippen LogP contribution in [0.5, 0.6) is 5.75 Å². The molecule has 22 heavy (non-hydrogen) atoms. The smallest absolute Gasteiger partial charge is 0.265 e. The molecule has 1 N–H and O–H groups in total. The minimum absolute atomic E-state index is 0.136. The highest BCUT2D eigenvalue weighted by Gasteiger charge is 2.18. The second-order valence-electron chi connectivity index (χ2n) is 4.23. The number of amides is 1. The minimum Gasteiger partial charge on any atom is -0.492 e. The number of ether oxygens (including phenoxy) is 1. The zero-order chi connectivity index (χ0) is 16.2. The molecule has 0 atom stereocenters. The van der Waals surface area contributed by atoms with Crippen molar-refractivity contribution in [3.63, 3.8) is 0 Å². The topological polar surface area (TPSA) is 85.4 Å². The van der Waals surface area contributed by atoms with E-state index in [4.69, 9.17) is 15.4 Å². The fraction of sp³-hybridized carbons (Fsp3) is 0.143. The Hall–Kier alpha value is -2.12. The predicted octanol–water partition coefficient (Wildman–Crippen LogP) is 2.66. The van der Waals surface area contributed by atoms with Crippen LogP contribution in [0.25, 0.3) is 0 Å². The number of halogens is 1. The molecule has 0 spiro atoms. The van der Waals surface area contributed by atoms with Gasteiger partial charge in [-0.1, -0.05) is 0 Å². The van der Waals surface area contributed by atoms with Gasteiger partial charge in [0.05, 0.1) is 12.2 Å². The molecule has 1 amide bonds. The van der Waals surface area contributed by atoms with Crippen LogP contribution >= 0.6 is 10.7 Å². The summed E-state index contributed by atoms with van der Waals surface area (Å²) in [5, 5.41) is 2.58. The highest BCUT2D eigenvalue weighted by Crippen LogP contribution is 2.30. The van der Waals surface area contributed by atoms with Crippen LogP contribution in [0.3, 0.4) is 0 Å². The highest BCUT2D eigenvalue weighted by molar-refractivity contribution is 8.13. The highest BCUT2D eigenvalue weighted by atomic mass is 35.7. The third kappa shape index (κ3) is 3.96. The molecule has 1 aromatic carbocycles. The van der Waals surface area contributed by atoms with Gasteiger partial charge in [0.2, 0.25) is 0 Å². The van der Waals surface area contributed by atoms with Gasteiger partial charge in [-0.3, -0.25) is 9.78 Å². The van der Waals surface area contributed by atoms with E-state index in [1.807, 2.05) is 0 Å². The van der Waals surface area contributed by atoms with E-state index >= 15 is 0 Å². The standard InChI is InChI=1S/C14H13ClN2O4S/c1-2-21-12-6-5-11(8-13(12)22(15,19)20)17-14(18)10-4-3-7-16-9-10/h3-9H,2H2,1H3,(H,17,18). The lowest BCUT2D eigenvalue weighted by atomic mass is 10.2. The number of aromatic nitrogens is 1. The Labute approximate surface area is 132 Å². The van der Waals surface area contributed by atoms with Crippen LogP contribution in [0.2, 0.25) is 0 Å². The van der Waals surface area contributed by atoms with Crippen LogP contribution in [-0.4, -0.2) is 25.9 Å². The monoisotopic (exact) mass is 340 g/mol. The van der Waals surface area contributed by atoms with E-state index in [0.717, 1.165) is 0 Å². The van der Waals surface area contributed by atoms with Gasteiger partial charge in [-0.05, 0) is 37.3 Å². The molecule has 0 aliphatic carbocycles. The Morgan fingerprint density at radius 1 is 1.36 bits per heavy atom. The third-order valence-electron chi connectivity index (χ3n) is 2.69. The van der Waals surface area contributed by atoms with Crippen molar-refractivity contribution in [2.45, 2.75) is 11.8 Å². The van der Waals surface area contributed by atoms with Crippen molar-refractivity contribution in [1.29, 1.82) is 0 Å². The number of benzene rings is 1. The lowest BCUT2D eigenvalue weighted by Gasteiger charge is -2.11. The second kappa shape index (κ2) is 6.76. The maximum Gasteiger partial charge on any atom is 0.265 e. The Morgan fingerprint density at radius 3 is 2.73 bits per heavy atom.